The van der Waals surface area contributed by atoms with Gasteiger partial charge in [0.15, 0.2) is 0 Å². The van der Waals surface area contributed by atoms with Crippen LogP contribution in [0.5, 0.6) is 5.75 Å². The molecule has 0 saturated carbocycles. The maximum Gasteiger partial charge on any atom is 0.126 e. The Balaban J connectivity index is 1.93. The van der Waals surface area contributed by atoms with E-state index in [2.05, 4.69) is 37.4 Å². The highest BCUT2D eigenvalue weighted by molar-refractivity contribution is 5.40. The third-order valence-electron chi connectivity index (χ3n) is 3.84. The monoisotopic (exact) mass is 277 g/mol. The Hall–Kier alpha value is -1.06. The second-order valence-corrected chi connectivity index (χ2v) is 5.61. The number of benzene rings is 1. The summed E-state index contributed by atoms with van der Waals surface area (Å²) in [4.78, 5) is 0. The number of hydrogen-bond donors (Lipinski definition) is 1. The predicted molar refractivity (Wildman–Crippen MR) is 82.2 cm³/mol. The standard InChI is InChI=1S/C17H27NO2/c1-3-9-18-12-16-6-4-5-14(2)17(16)20-13-15-7-10-19-11-8-15/h4-6,15,18H,3,7-13H2,1-2H3. The molecule has 1 saturated heterocycles. The van der Waals surface area contributed by atoms with Crippen molar-refractivity contribution < 1.29 is 9.47 Å². The van der Waals surface area contributed by atoms with Crippen LogP contribution in [0.25, 0.3) is 0 Å². The molecule has 0 atom stereocenters. The van der Waals surface area contributed by atoms with E-state index in [4.69, 9.17) is 9.47 Å². The lowest BCUT2D eigenvalue weighted by atomic mass is 10.0. The summed E-state index contributed by atoms with van der Waals surface area (Å²) in [6.07, 6.45) is 3.40. The SMILES string of the molecule is CCCNCc1cccc(C)c1OCC1CCOCC1. The van der Waals surface area contributed by atoms with Crippen LogP contribution in [-0.4, -0.2) is 26.4 Å². The molecule has 112 valence electrons. The predicted octanol–water partition coefficient (Wildman–Crippen LogP) is 3.30. The van der Waals surface area contributed by atoms with Gasteiger partial charge in [-0.25, -0.2) is 0 Å². The summed E-state index contributed by atoms with van der Waals surface area (Å²) in [5.41, 5.74) is 2.50. The van der Waals surface area contributed by atoms with Crippen LogP contribution in [0.15, 0.2) is 18.2 Å². The summed E-state index contributed by atoms with van der Waals surface area (Å²) in [7, 11) is 0. The number of nitrogens with one attached hydrogen (secondary N) is 1. The van der Waals surface area contributed by atoms with Gasteiger partial charge in [-0.3, -0.25) is 0 Å². The first-order valence-electron chi connectivity index (χ1n) is 7.81. The van der Waals surface area contributed by atoms with E-state index in [-0.39, 0.29) is 0 Å². The highest BCUT2D eigenvalue weighted by Crippen LogP contribution is 2.25. The molecule has 0 aliphatic carbocycles. The van der Waals surface area contributed by atoms with Crippen LogP contribution < -0.4 is 10.1 Å². The summed E-state index contributed by atoms with van der Waals surface area (Å²) in [5, 5.41) is 3.46. The molecule has 1 fully saturated rings. The van der Waals surface area contributed by atoms with E-state index >= 15 is 0 Å². The van der Waals surface area contributed by atoms with E-state index in [0.29, 0.717) is 5.92 Å². The molecular weight excluding hydrogens is 250 g/mol. The normalized spacial score (nSPS) is 16.3. The van der Waals surface area contributed by atoms with Gasteiger partial charge in [0.05, 0.1) is 6.61 Å². The van der Waals surface area contributed by atoms with E-state index in [1.807, 2.05) is 0 Å². The fourth-order valence-corrected chi connectivity index (χ4v) is 2.57. The number of ether oxygens (including phenoxy) is 2. The molecule has 0 radical (unpaired) electrons. The van der Waals surface area contributed by atoms with Crippen molar-refractivity contribution in [2.45, 2.75) is 39.7 Å². The number of rotatable bonds is 7. The largest absolute Gasteiger partial charge is 0.493 e. The van der Waals surface area contributed by atoms with Crippen molar-refractivity contribution in [3.8, 4) is 5.75 Å². The van der Waals surface area contributed by atoms with Crippen LogP contribution in [0.3, 0.4) is 0 Å². The number of aryl methyl sites for hydroxylation is 1. The van der Waals surface area contributed by atoms with Gasteiger partial charge in [-0.1, -0.05) is 25.1 Å². The molecule has 0 bridgehead atoms. The molecule has 1 aliphatic heterocycles. The van der Waals surface area contributed by atoms with Crippen molar-refractivity contribution in [3.63, 3.8) is 0 Å². The second-order valence-electron chi connectivity index (χ2n) is 5.61. The maximum atomic E-state index is 6.14. The Morgan fingerprint density at radius 1 is 1.30 bits per heavy atom. The molecular formula is C17H27NO2. The van der Waals surface area contributed by atoms with Gasteiger partial charge >= 0.3 is 0 Å². The minimum Gasteiger partial charge on any atom is -0.493 e. The van der Waals surface area contributed by atoms with E-state index in [1.54, 1.807) is 0 Å². The van der Waals surface area contributed by atoms with Crippen molar-refractivity contribution >= 4 is 0 Å². The number of para-hydroxylation sites is 1. The van der Waals surface area contributed by atoms with Crippen LogP contribution in [0.2, 0.25) is 0 Å². The highest BCUT2D eigenvalue weighted by atomic mass is 16.5. The van der Waals surface area contributed by atoms with E-state index in [0.717, 1.165) is 57.9 Å². The zero-order valence-electron chi connectivity index (χ0n) is 12.8. The van der Waals surface area contributed by atoms with Crippen LogP contribution in [0.4, 0.5) is 0 Å². The molecule has 0 spiro atoms. The van der Waals surface area contributed by atoms with Crippen LogP contribution in [-0.2, 0) is 11.3 Å². The van der Waals surface area contributed by atoms with Gasteiger partial charge in [0, 0.05) is 25.3 Å². The van der Waals surface area contributed by atoms with Crippen LogP contribution in [0, 0.1) is 12.8 Å². The van der Waals surface area contributed by atoms with E-state index in [1.165, 1.54) is 11.1 Å². The van der Waals surface area contributed by atoms with Crippen molar-refractivity contribution in [2.24, 2.45) is 5.92 Å². The average Bonchev–Trinajstić information content (AvgIpc) is 2.48. The fraction of sp³-hybridized carbons (Fsp3) is 0.647. The van der Waals surface area contributed by atoms with Gasteiger partial charge in [0.25, 0.3) is 0 Å². The third kappa shape index (κ3) is 4.50. The Morgan fingerprint density at radius 3 is 2.85 bits per heavy atom. The summed E-state index contributed by atoms with van der Waals surface area (Å²) < 4.78 is 11.5. The molecule has 0 aromatic heterocycles. The Kier molecular flexibility index (Phi) is 6.34. The molecule has 1 heterocycles. The van der Waals surface area contributed by atoms with Gasteiger partial charge in [0.1, 0.15) is 5.75 Å². The molecule has 1 aromatic rings. The molecule has 0 amide bonds. The lowest BCUT2D eigenvalue weighted by molar-refractivity contribution is 0.0495. The summed E-state index contributed by atoms with van der Waals surface area (Å²) in [5.74, 6) is 1.71. The van der Waals surface area contributed by atoms with Gasteiger partial charge in [-0.15, -0.1) is 0 Å². The zero-order chi connectivity index (χ0) is 14.2. The fourth-order valence-electron chi connectivity index (χ4n) is 2.57. The van der Waals surface area contributed by atoms with Crippen LogP contribution >= 0.6 is 0 Å². The maximum absolute atomic E-state index is 6.14. The molecule has 3 heteroatoms. The van der Waals surface area contributed by atoms with Gasteiger partial charge < -0.3 is 14.8 Å². The Labute approximate surface area is 122 Å². The summed E-state index contributed by atoms with van der Waals surface area (Å²) >= 11 is 0. The minimum atomic E-state index is 0.639. The molecule has 1 aliphatic rings. The lowest BCUT2D eigenvalue weighted by Gasteiger charge is -2.23. The van der Waals surface area contributed by atoms with Crippen LogP contribution in [0.1, 0.15) is 37.3 Å². The first-order chi connectivity index (χ1) is 9.81. The molecule has 0 unspecified atom stereocenters. The minimum absolute atomic E-state index is 0.639. The van der Waals surface area contributed by atoms with E-state index < -0.39 is 0 Å². The molecule has 1 aromatic carbocycles. The topological polar surface area (TPSA) is 30.5 Å². The summed E-state index contributed by atoms with van der Waals surface area (Å²) in [6.45, 7) is 8.83. The lowest BCUT2D eigenvalue weighted by Crippen LogP contribution is -2.22. The number of hydrogen-bond acceptors (Lipinski definition) is 3. The summed E-state index contributed by atoms with van der Waals surface area (Å²) in [6, 6.07) is 6.40. The molecule has 1 N–H and O–H groups in total. The first kappa shape index (κ1) is 15.3. The van der Waals surface area contributed by atoms with E-state index in [9.17, 15) is 0 Å². The third-order valence-corrected chi connectivity index (χ3v) is 3.84. The molecule has 3 nitrogen and oxygen atoms in total. The first-order valence-corrected chi connectivity index (χ1v) is 7.81. The van der Waals surface area contributed by atoms with Gasteiger partial charge in [-0.2, -0.15) is 0 Å². The van der Waals surface area contributed by atoms with Crippen molar-refractivity contribution in [3.05, 3.63) is 29.3 Å². The molecule has 20 heavy (non-hydrogen) atoms. The second kappa shape index (κ2) is 8.28. The van der Waals surface area contributed by atoms with Crippen molar-refractivity contribution in [1.29, 1.82) is 0 Å². The van der Waals surface area contributed by atoms with Gasteiger partial charge in [0.2, 0.25) is 0 Å². The zero-order valence-corrected chi connectivity index (χ0v) is 12.8. The van der Waals surface area contributed by atoms with Gasteiger partial charge in [-0.05, 0) is 44.2 Å². The molecule has 2 rings (SSSR count). The average molecular weight is 277 g/mol. The smallest absolute Gasteiger partial charge is 0.126 e. The van der Waals surface area contributed by atoms with Crippen molar-refractivity contribution in [2.75, 3.05) is 26.4 Å². The van der Waals surface area contributed by atoms with Crippen molar-refractivity contribution in [1.82, 2.24) is 5.32 Å². The highest BCUT2D eigenvalue weighted by Gasteiger charge is 2.16. The quantitative estimate of drug-likeness (QED) is 0.776. The Morgan fingerprint density at radius 2 is 2.10 bits per heavy atom. The Bertz CT molecular complexity index is 400.